The second-order valence-corrected chi connectivity index (χ2v) is 5.13. The van der Waals surface area contributed by atoms with Crippen LogP contribution in [0.1, 0.15) is 0 Å². The number of anilines is 3. The normalized spacial score (nSPS) is 10.5. The molecule has 0 radical (unpaired) electrons. The first-order valence-electron chi connectivity index (χ1n) is 6.75. The van der Waals surface area contributed by atoms with Crippen molar-refractivity contribution in [3.05, 3.63) is 66.7 Å². The molecule has 0 aliphatic rings. The topological polar surface area (TPSA) is 15.3 Å². The molecule has 0 amide bonds. The standard InChI is InChI=1S/C18H18N2/c1-20(2)18-9-5-8-16(13-18)19-17-11-10-14-6-3-4-7-15(14)12-17/h3-13,19H,1-2H3. The molecule has 0 bridgehead atoms. The van der Waals surface area contributed by atoms with E-state index >= 15 is 0 Å². The van der Waals surface area contributed by atoms with Crippen LogP contribution in [-0.2, 0) is 0 Å². The van der Waals surface area contributed by atoms with Crippen LogP contribution in [-0.4, -0.2) is 14.1 Å². The predicted octanol–water partition coefficient (Wildman–Crippen LogP) is 4.65. The summed E-state index contributed by atoms with van der Waals surface area (Å²) in [5, 5.41) is 5.98. The average molecular weight is 262 g/mol. The average Bonchev–Trinajstić information content (AvgIpc) is 2.47. The summed E-state index contributed by atoms with van der Waals surface area (Å²) in [5.41, 5.74) is 3.40. The quantitative estimate of drug-likeness (QED) is 0.739. The molecule has 0 spiro atoms. The lowest BCUT2D eigenvalue weighted by Gasteiger charge is -2.14. The van der Waals surface area contributed by atoms with E-state index in [4.69, 9.17) is 0 Å². The Hall–Kier alpha value is -2.48. The van der Waals surface area contributed by atoms with Gasteiger partial charge in [-0.3, -0.25) is 0 Å². The zero-order chi connectivity index (χ0) is 13.9. The molecular weight excluding hydrogens is 244 g/mol. The molecule has 0 aromatic heterocycles. The van der Waals surface area contributed by atoms with Gasteiger partial charge in [0.25, 0.3) is 0 Å². The first-order chi connectivity index (χ1) is 9.72. The zero-order valence-electron chi connectivity index (χ0n) is 11.8. The molecule has 2 nitrogen and oxygen atoms in total. The van der Waals surface area contributed by atoms with E-state index in [0.717, 1.165) is 11.4 Å². The van der Waals surface area contributed by atoms with Gasteiger partial charge in [0.15, 0.2) is 0 Å². The largest absolute Gasteiger partial charge is 0.378 e. The van der Waals surface area contributed by atoms with Crippen molar-refractivity contribution in [1.29, 1.82) is 0 Å². The minimum Gasteiger partial charge on any atom is -0.378 e. The molecule has 0 atom stereocenters. The number of benzene rings is 3. The highest BCUT2D eigenvalue weighted by molar-refractivity contribution is 5.86. The van der Waals surface area contributed by atoms with Gasteiger partial charge in [0.2, 0.25) is 0 Å². The van der Waals surface area contributed by atoms with Crippen molar-refractivity contribution >= 4 is 27.8 Å². The first-order valence-corrected chi connectivity index (χ1v) is 6.75. The molecule has 3 aromatic rings. The van der Waals surface area contributed by atoms with Crippen LogP contribution < -0.4 is 10.2 Å². The number of rotatable bonds is 3. The fourth-order valence-electron chi connectivity index (χ4n) is 2.30. The first kappa shape index (κ1) is 12.5. The summed E-state index contributed by atoms with van der Waals surface area (Å²) in [4.78, 5) is 2.10. The van der Waals surface area contributed by atoms with Crippen molar-refractivity contribution in [2.75, 3.05) is 24.3 Å². The number of hydrogen-bond donors (Lipinski definition) is 1. The van der Waals surface area contributed by atoms with Crippen molar-refractivity contribution in [2.24, 2.45) is 0 Å². The summed E-state index contributed by atoms with van der Waals surface area (Å²) in [6, 6.07) is 23.2. The molecule has 0 fully saturated rings. The van der Waals surface area contributed by atoms with Gasteiger partial charge in [0, 0.05) is 31.2 Å². The Morgan fingerprint density at radius 1 is 0.700 bits per heavy atom. The lowest BCUT2D eigenvalue weighted by molar-refractivity contribution is 1.13. The van der Waals surface area contributed by atoms with E-state index in [1.807, 2.05) is 0 Å². The van der Waals surface area contributed by atoms with Crippen LogP contribution in [0.25, 0.3) is 10.8 Å². The van der Waals surface area contributed by atoms with Crippen molar-refractivity contribution in [3.8, 4) is 0 Å². The van der Waals surface area contributed by atoms with E-state index in [9.17, 15) is 0 Å². The molecule has 20 heavy (non-hydrogen) atoms. The van der Waals surface area contributed by atoms with E-state index in [-0.39, 0.29) is 0 Å². The molecule has 0 saturated carbocycles. The van der Waals surface area contributed by atoms with Gasteiger partial charge in [-0.1, -0.05) is 36.4 Å². The monoisotopic (exact) mass is 262 g/mol. The predicted molar refractivity (Wildman–Crippen MR) is 88.0 cm³/mol. The number of hydrogen-bond acceptors (Lipinski definition) is 2. The van der Waals surface area contributed by atoms with Gasteiger partial charge in [-0.05, 0) is 41.1 Å². The molecule has 3 rings (SSSR count). The molecule has 0 aliphatic carbocycles. The molecule has 0 heterocycles. The zero-order valence-corrected chi connectivity index (χ0v) is 11.8. The summed E-state index contributed by atoms with van der Waals surface area (Å²) in [5.74, 6) is 0. The van der Waals surface area contributed by atoms with Crippen molar-refractivity contribution in [3.63, 3.8) is 0 Å². The van der Waals surface area contributed by atoms with Gasteiger partial charge in [0.05, 0.1) is 0 Å². The van der Waals surface area contributed by atoms with Gasteiger partial charge in [-0.15, -0.1) is 0 Å². The Morgan fingerprint density at radius 3 is 2.25 bits per heavy atom. The van der Waals surface area contributed by atoms with E-state index in [2.05, 4.69) is 91.0 Å². The fraction of sp³-hybridized carbons (Fsp3) is 0.111. The molecule has 100 valence electrons. The highest BCUT2D eigenvalue weighted by Gasteiger charge is 1.99. The lowest BCUT2D eigenvalue weighted by Crippen LogP contribution is -2.08. The number of nitrogens with zero attached hydrogens (tertiary/aromatic N) is 1. The van der Waals surface area contributed by atoms with Crippen molar-refractivity contribution < 1.29 is 0 Å². The molecule has 0 unspecified atom stereocenters. The lowest BCUT2D eigenvalue weighted by atomic mass is 10.1. The van der Waals surface area contributed by atoms with Crippen LogP contribution in [0.15, 0.2) is 66.7 Å². The molecule has 0 saturated heterocycles. The van der Waals surface area contributed by atoms with Crippen LogP contribution in [0.2, 0.25) is 0 Å². The maximum Gasteiger partial charge on any atom is 0.0405 e. The number of fused-ring (bicyclic) bond motifs is 1. The van der Waals surface area contributed by atoms with Crippen LogP contribution in [0.5, 0.6) is 0 Å². The van der Waals surface area contributed by atoms with Crippen LogP contribution in [0, 0.1) is 0 Å². The van der Waals surface area contributed by atoms with E-state index < -0.39 is 0 Å². The smallest absolute Gasteiger partial charge is 0.0405 e. The van der Waals surface area contributed by atoms with Crippen LogP contribution in [0.4, 0.5) is 17.1 Å². The van der Waals surface area contributed by atoms with E-state index in [1.54, 1.807) is 0 Å². The highest BCUT2D eigenvalue weighted by Crippen LogP contribution is 2.24. The minimum absolute atomic E-state index is 1.10. The van der Waals surface area contributed by atoms with Crippen LogP contribution >= 0.6 is 0 Å². The SMILES string of the molecule is CN(C)c1cccc(Nc2ccc3ccccc3c2)c1. The van der Waals surface area contributed by atoms with Gasteiger partial charge in [-0.2, -0.15) is 0 Å². The molecular formula is C18H18N2. The van der Waals surface area contributed by atoms with Crippen LogP contribution in [0.3, 0.4) is 0 Å². The minimum atomic E-state index is 1.10. The summed E-state index contributed by atoms with van der Waals surface area (Å²) >= 11 is 0. The van der Waals surface area contributed by atoms with E-state index in [0.29, 0.717) is 0 Å². The van der Waals surface area contributed by atoms with E-state index in [1.165, 1.54) is 16.5 Å². The fourth-order valence-corrected chi connectivity index (χ4v) is 2.30. The third-order valence-corrected chi connectivity index (χ3v) is 3.40. The van der Waals surface area contributed by atoms with Crippen molar-refractivity contribution in [1.82, 2.24) is 0 Å². The summed E-state index contributed by atoms with van der Waals surface area (Å²) in [6.45, 7) is 0. The van der Waals surface area contributed by atoms with Crippen molar-refractivity contribution in [2.45, 2.75) is 0 Å². The maximum absolute atomic E-state index is 3.46. The Labute approximate surface area is 119 Å². The maximum atomic E-state index is 3.46. The van der Waals surface area contributed by atoms with Gasteiger partial charge in [0.1, 0.15) is 0 Å². The molecule has 2 heteroatoms. The Morgan fingerprint density at radius 2 is 1.45 bits per heavy atom. The summed E-state index contributed by atoms with van der Waals surface area (Å²) in [6.07, 6.45) is 0. The Balaban J connectivity index is 1.90. The van der Waals surface area contributed by atoms with Gasteiger partial charge in [-0.25, -0.2) is 0 Å². The highest BCUT2D eigenvalue weighted by atomic mass is 15.1. The molecule has 1 N–H and O–H groups in total. The Kier molecular flexibility index (Phi) is 3.30. The van der Waals surface area contributed by atoms with Gasteiger partial charge >= 0.3 is 0 Å². The number of nitrogens with one attached hydrogen (secondary N) is 1. The second-order valence-electron chi connectivity index (χ2n) is 5.13. The second kappa shape index (κ2) is 5.25. The molecule has 3 aromatic carbocycles. The van der Waals surface area contributed by atoms with Gasteiger partial charge < -0.3 is 10.2 Å². The Bertz CT molecular complexity index is 732. The summed E-state index contributed by atoms with van der Waals surface area (Å²) < 4.78 is 0. The third kappa shape index (κ3) is 2.59. The summed E-state index contributed by atoms with van der Waals surface area (Å²) in [7, 11) is 4.10. The molecule has 0 aliphatic heterocycles. The third-order valence-electron chi connectivity index (χ3n) is 3.40.